The topological polar surface area (TPSA) is 78.0 Å². The van der Waals surface area contributed by atoms with Gasteiger partial charge in [-0.05, 0) is 25.0 Å². The van der Waals surface area contributed by atoms with Gasteiger partial charge in [-0.15, -0.1) is 0 Å². The molecule has 0 unspecified atom stereocenters. The first-order valence-corrected chi connectivity index (χ1v) is 8.80. The van der Waals surface area contributed by atoms with Crippen molar-refractivity contribution < 1.29 is 0 Å². The van der Waals surface area contributed by atoms with Crippen molar-refractivity contribution in [1.82, 2.24) is 25.8 Å². The molecule has 0 aliphatic heterocycles. The van der Waals surface area contributed by atoms with Crippen LogP contribution in [0.3, 0.4) is 0 Å². The number of aromatic nitrogens is 3. The van der Waals surface area contributed by atoms with Gasteiger partial charge in [-0.2, -0.15) is 5.10 Å². The third-order valence-corrected chi connectivity index (χ3v) is 3.70. The highest BCUT2D eigenvalue weighted by molar-refractivity contribution is 5.79. The van der Waals surface area contributed by atoms with Crippen LogP contribution in [0.2, 0.25) is 0 Å². The molecule has 0 radical (unpaired) electrons. The Morgan fingerprint density at radius 1 is 1.17 bits per heavy atom. The molecule has 6 nitrogen and oxygen atoms in total. The van der Waals surface area contributed by atoms with E-state index in [0.717, 1.165) is 36.0 Å². The van der Waals surface area contributed by atoms with E-state index in [1.54, 1.807) is 0 Å². The SMILES string of the molecule is CCCCCCNC(=NCc1cccc(-c2ncn[nH]2)c1)NCC. The van der Waals surface area contributed by atoms with Crippen LogP contribution in [-0.4, -0.2) is 34.2 Å². The van der Waals surface area contributed by atoms with E-state index < -0.39 is 0 Å². The number of unbranched alkanes of at least 4 members (excludes halogenated alkanes) is 3. The Kier molecular flexibility index (Phi) is 7.80. The lowest BCUT2D eigenvalue weighted by Gasteiger charge is -2.11. The highest BCUT2D eigenvalue weighted by Gasteiger charge is 2.02. The molecule has 0 aliphatic carbocycles. The van der Waals surface area contributed by atoms with Crippen molar-refractivity contribution in [1.29, 1.82) is 0 Å². The van der Waals surface area contributed by atoms with Gasteiger partial charge in [0.05, 0.1) is 6.54 Å². The van der Waals surface area contributed by atoms with Crippen LogP contribution < -0.4 is 10.6 Å². The van der Waals surface area contributed by atoms with E-state index in [9.17, 15) is 0 Å². The summed E-state index contributed by atoms with van der Waals surface area (Å²) < 4.78 is 0. The molecule has 0 saturated heterocycles. The van der Waals surface area contributed by atoms with Crippen molar-refractivity contribution in [2.24, 2.45) is 4.99 Å². The summed E-state index contributed by atoms with van der Waals surface area (Å²) in [7, 11) is 0. The third-order valence-electron chi connectivity index (χ3n) is 3.70. The zero-order chi connectivity index (χ0) is 17.0. The van der Waals surface area contributed by atoms with E-state index in [1.165, 1.54) is 32.0 Å². The van der Waals surface area contributed by atoms with Crippen LogP contribution >= 0.6 is 0 Å². The third kappa shape index (κ3) is 6.02. The first-order chi connectivity index (χ1) is 11.8. The monoisotopic (exact) mass is 328 g/mol. The zero-order valence-corrected chi connectivity index (χ0v) is 14.7. The Labute approximate surface area is 144 Å². The Morgan fingerprint density at radius 3 is 2.83 bits per heavy atom. The number of aromatic amines is 1. The van der Waals surface area contributed by atoms with Gasteiger partial charge in [0.2, 0.25) is 0 Å². The molecule has 0 amide bonds. The van der Waals surface area contributed by atoms with E-state index in [2.05, 4.69) is 56.8 Å². The molecule has 1 aromatic heterocycles. The average Bonchev–Trinajstić information content (AvgIpc) is 3.14. The lowest BCUT2D eigenvalue weighted by molar-refractivity contribution is 0.647. The van der Waals surface area contributed by atoms with Crippen molar-refractivity contribution in [2.75, 3.05) is 13.1 Å². The predicted molar refractivity (Wildman–Crippen MR) is 98.8 cm³/mol. The molecule has 130 valence electrons. The fourth-order valence-corrected chi connectivity index (χ4v) is 2.43. The first kappa shape index (κ1) is 18.0. The molecule has 0 fully saturated rings. The summed E-state index contributed by atoms with van der Waals surface area (Å²) in [5.74, 6) is 1.65. The number of nitrogens with one attached hydrogen (secondary N) is 3. The maximum absolute atomic E-state index is 4.67. The quantitative estimate of drug-likeness (QED) is 0.375. The minimum absolute atomic E-state index is 0.631. The lowest BCUT2D eigenvalue weighted by atomic mass is 10.1. The number of benzene rings is 1. The van der Waals surface area contributed by atoms with Gasteiger partial charge in [0, 0.05) is 18.7 Å². The van der Waals surface area contributed by atoms with Gasteiger partial charge >= 0.3 is 0 Å². The Bertz CT molecular complexity index is 606. The summed E-state index contributed by atoms with van der Waals surface area (Å²) in [4.78, 5) is 8.86. The van der Waals surface area contributed by atoms with Gasteiger partial charge in [0.1, 0.15) is 6.33 Å². The second-order valence-corrected chi connectivity index (χ2v) is 5.72. The predicted octanol–water partition coefficient (Wildman–Crippen LogP) is 3.11. The molecule has 2 aromatic rings. The van der Waals surface area contributed by atoms with Crippen molar-refractivity contribution in [2.45, 2.75) is 46.1 Å². The van der Waals surface area contributed by atoms with Crippen LogP contribution in [0, 0.1) is 0 Å². The number of aliphatic imine (C=N–C) groups is 1. The normalized spacial score (nSPS) is 11.5. The number of H-pyrrole nitrogens is 1. The summed E-state index contributed by atoms with van der Waals surface area (Å²) in [5, 5.41) is 13.5. The molecule has 3 N–H and O–H groups in total. The maximum atomic E-state index is 4.67. The minimum Gasteiger partial charge on any atom is -0.357 e. The summed E-state index contributed by atoms with van der Waals surface area (Å²) in [6.07, 6.45) is 6.52. The highest BCUT2D eigenvalue weighted by Crippen LogP contribution is 2.15. The molecule has 24 heavy (non-hydrogen) atoms. The van der Waals surface area contributed by atoms with Crippen LogP contribution in [0.15, 0.2) is 35.6 Å². The number of hydrogen-bond acceptors (Lipinski definition) is 3. The number of rotatable bonds is 9. The van der Waals surface area contributed by atoms with E-state index in [0.29, 0.717) is 6.54 Å². The molecule has 0 aliphatic rings. The van der Waals surface area contributed by atoms with Crippen LogP contribution in [0.1, 0.15) is 45.1 Å². The van der Waals surface area contributed by atoms with Crippen molar-refractivity contribution >= 4 is 5.96 Å². The number of nitrogens with zero attached hydrogens (tertiary/aromatic N) is 3. The fourth-order valence-electron chi connectivity index (χ4n) is 2.43. The summed E-state index contributed by atoms with van der Waals surface area (Å²) >= 11 is 0. The lowest BCUT2D eigenvalue weighted by Crippen LogP contribution is -2.37. The zero-order valence-electron chi connectivity index (χ0n) is 14.7. The smallest absolute Gasteiger partial charge is 0.191 e. The van der Waals surface area contributed by atoms with Crippen LogP contribution in [0.4, 0.5) is 0 Å². The molecule has 2 rings (SSSR count). The first-order valence-electron chi connectivity index (χ1n) is 8.80. The molecule has 6 heteroatoms. The second-order valence-electron chi connectivity index (χ2n) is 5.72. The van der Waals surface area contributed by atoms with E-state index in [-0.39, 0.29) is 0 Å². The van der Waals surface area contributed by atoms with E-state index >= 15 is 0 Å². The molecule has 1 aromatic carbocycles. The highest BCUT2D eigenvalue weighted by atomic mass is 15.2. The molecule has 1 heterocycles. The fraction of sp³-hybridized carbons (Fsp3) is 0.500. The van der Waals surface area contributed by atoms with E-state index in [4.69, 9.17) is 0 Å². The Morgan fingerprint density at radius 2 is 2.08 bits per heavy atom. The molecular weight excluding hydrogens is 300 g/mol. The number of hydrogen-bond donors (Lipinski definition) is 3. The minimum atomic E-state index is 0.631. The molecule has 0 saturated carbocycles. The van der Waals surface area contributed by atoms with Gasteiger partial charge in [-0.3, -0.25) is 5.10 Å². The van der Waals surface area contributed by atoms with Gasteiger partial charge < -0.3 is 10.6 Å². The summed E-state index contributed by atoms with van der Waals surface area (Å²) in [6.45, 7) is 6.76. The van der Waals surface area contributed by atoms with Gasteiger partial charge in [0.25, 0.3) is 0 Å². The van der Waals surface area contributed by atoms with Gasteiger partial charge in [-0.25, -0.2) is 9.98 Å². The van der Waals surface area contributed by atoms with Gasteiger partial charge in [-0.1, -0.05) is 44.4 Å². The average molecular weight is 328 g/mol. The van der Waals surface area contributed by atoms with E-state index in [1.807, 2.05) is 12.1 Å². The van der Waals surface area contributed by atoms with Crippen molar-refractivity contribution in [3.05, 3.63) is 36.2 Å². The summed E-state index contributed by atoms with van der Waals surface area (Å²) in [5.41, 5.74) is 2.17. The van der Waals surface area contributed by atoms with Crippen molar-refractivity contribution in [3.63, 3.8) is 0 Å². The molecule has 0 bridgehead atoms. The standard InChI is InChI=1S/C18H28N6/c1-3-5-6-7-11-20-18(19-4-2)21-13-15-9-8-10-16(12-15)17-22-14-23-24-17/h8-10,12,14H,3-7,11,13H2,1-2H3,(H2,19,20,21)(H,22,23,24). The molecular formula is C18H28N6. The van der Waals surface area contributed by atoms with Crippen LogP contribution in [0.25, 0.3) is 11.4 Å². The van der Waals surface area contributed by atoms with Crippen molar-refractivity contribution in [3.8, 4) is 11.4 Å². The van der Waals surface area contributed by atoms with Gasteiger partial charge in [0.15, 0.2) is 11.8 Å². The maximum Gasteiger partial charge on any atom is 0.191 e. The molecule has 0 spiro atoms. The Balaban J connectivity index is 1.91. The second kappa shape index (κ2) is 10.4. The van der Waals surface area contributed by atoms with Crippen LogP contribution in [-0.2, 0) is 6.54 Å². The summed E-state index contributed by atoms with van der Waals surface area (Å²) in [6, 6.07) is 8.21. The number of guanidine groups is 1. The molecule has 0 atom stereocenters. The largest absolute Gasteiger partial charge is 0.357 e. The van der Waals surface area contributed by atoms with Crippen LogP contribution in [0.5, 0.6) is 0 Å². The Hall–Kier alpha value is -2.37.